The van der Waals surface area contributed by atoms with Crippen LogP contribution in [0, 0.1) is 6.92 Å². The summed E-state index contributed by atoms with van der Waals surface area (Å²) in [5.41, 5.74) is 6.46. The fraction of sp³-hybridized carbons (Fsp3) is 0.150. The summed E-state index contributed by atoms with van der Waals surface area (Å²) in [7, 11) is 0. The lowest BCUT2D eigenvalue weighted by atomic mass is 10.0. The summed E-state index contributed by atoms with van der Waals surface area (Å²) in [5.74, 6) is -1.65. The highest BCUT2D eigenvalue weighted by atomic mass is 32.1. The van der Waals surface area contributed by atoms with Gasteiger partial charge in [0, 0.05) is 5.56 Å². The number of carbonyl (C=O) groups excluding carboxylic acids is 3. The number of amides is 2. The molecular formula is C20H18N2O4S. The van der Waals surface area contributed by atoms with Gasteiger partial charge < -0.3 is 15.8 Å². The largest absolute Gasteiger partial charge is 0.462 e. The summed E-state index contributed by atoms with van der Waals surface area (Å²) < 4.78 is 5.01. The second kappa shape index (κ2) is 7.59. The first kappa shape index (κ1) is 18.6. The van der Waals surface area contributed by atoms with Crippen molar-refractivity contribution in [2.45, 2.75) is 13.8 Å². The van der Waals surface area contributed by atoms with Crippen LogP contribution in [0.4, 0.5) is 5.00 Å². The zero-order chi connectivity index (χ0) is 19.6. The van der Waals surface area contributed by atoms with Crippen LogP contribution in [0.25, 0.3) is 10.8 Å². The van der Waals surface area contributed by atoms with Crippen molar-refractivity contribution in [3.8, 4) is 0 Å². The van der Waals surface area contributed by atoms with Crippen LogP contribution in [0.15, 0.2) is 42.5 Å². The predicted molar refractivity (Wildman–Crippen MR) is 105 cm³/mol. The van der Waals surface area contributed by atoms with E-state index in [-0.39, 0.29) is 28.0 Å². The maximum atomic E-state index is 12.8. The Kier molecular flexibility index (Phi) is 5.23. The van der Waals surface area contributed by atoms with E-state index in [9.17, 15) is 14.4 Å². The Labute approximate surface area is 159 Å². The number of hydrogen-bond donors (Lipinski definition) is 2. The first-order chi connectivity index (χ1) is 12.9. The number of anilines is 1. The Morgan fingerprint density at radius 2 is 1.81 bits per heavy atom. The van der Waals surface area contributed by atoms with Gasteiger partial charge in [0.15, 0.2) is 0 Å². The summed E-state index contributed by atoms with van der Waals surface area (Å²) in [6.45, 7) is 3.51. The highest BCUT2D eigenvalue weighted by molar-refractivity contribution is 7.18. The highest BCUT2D eigenvalue weighted by Gasteiger charge is 2.25. The molecule has 0 bridgehead atoms. The second-order valence-electron chi connectivity index (χ2n) is 5.83. The topological polar surface area (TPSA) is 98.5 Å². The Morgan fingerprint density at radius 1 is 1.11 bits per heavy atom. The number of nitrogens with one attached hydrogen (secondary N) is 1. The first-order valence-corrected chi connectivity index (χ1v) is 9.15. The molecule has 1 heterocycles. The number of thiophene rings is 1. The molecule has 2 aromatic carbocycles. The molecule has 0 atom stereocenters. The van der Waals surface area contributed by atoms with Crippen molar-refractivity contribution in [2.75, 3.05) is 11.9 Å². The minimum absolute atomic E-state index is 0.122. The number of rotatable bonds is 5. The number of nitrogens with two attached hydrogens (primary N) is 1. The lowest BCUT2D eigenvalue weighted by molar-refractivity contribution is 0.0531. The van der Waals surface area contributed by atoms with Crippen LogP contribution in [0.3, 0.4) is 0 Å². The summed E-state index contributed by atoms with van der Waals surface area (Å²) in [5, 5.41) is 4.68. The molecule has 0 saturated heterocycles. The van der Waals surface area contributed by atoms with Gasteiger partial charge in [-0.25, -0.2) is 4.79 Å². The molecule has 1 aromatic heterocycles. The molecule has 0 spiro atoms. The van der Waals surface area contributed by atoms with Gasteiger partial charge in [0.1, 0.15) is 9.88 Å². The second-order valence-corrected chi connectivity index (χ2v) is 6.85. The van der Waals surface area contributed by atoms with Gasteiger partial charge in [-0.3, -0.25) is 9.59 Å². The summed E-state index contributed by atoms with van der Waals surface area (Å²) in [4.78, 5) is 37.1. The molecule has 3 aromatic rings. The van der Waals surface area contributed by atoms with Gasteiger partial charge in [-0.15, -0.1) is 11.3 Å². The van der Waals surface area contributed by atoms with E-state index in [1.807, 2.05) is 30.3 Å². The van der Waals surface area contributed by atoms with Crippen molar-refractivity contribution in [3.63, 3.8) is 0 Å². The van der Waals surface area contributed by atoms with Crippen LogP contribution < -0.4 is 11.1 Å². The number of fused-ring (bicyclic) bond motifs is 1. The molecule has 7 heteroatoms. The molecule has 2 amide bonds. The van der Waals surface area contributed by atoms with Gasteiger partial charge in [-0.2, -0.15) is 0 Å². The van der Waals surface area contributed by atoms with E-state index in [2.05, 4.69) is 5.32 Å². The van der Waals surface area contributed by atoms with Gasteiger partial charge in [-0.05, 0) is 36.2 Å². The Bertz CT molecular complexity index is 1050. The number of hydrogen-bond acceptors (Lipinski definition) is 5. The third kappa shape index (κ3) is 3.54. The summed E-state index contributed by atoms with van der Waals surface area (Å²) >= 11 is 0.984. The van der Waals surface area contributed by atoms with E-state index < -0.39 is 11.9 Å². The van der Waals surface area contributed by atoms with Crippen LogP contribution in [-0.4, -0.2) is 24.4 Å². The summed E-state index contributed by atoms with van der Waals surface area (Å²) in [6, 6.07) is 12.9. The number of ether oxygens (including phenoxy) is 1. The van der Waals surface area contributed by atoms with Crippen LogP contribution in [-0.2, 0) is 4.74 Å². The zero-order valence-electron chi connectivity index (χ0n) is 14.9. The van der Waals surface area contributed by atoms with E-state index in [1.54, 1.807) is 26.0 Å². The quantitative estimate of drug-likeness (QED) is 0.657. The Hall–Kier alpha value is -3.19. The lowest BCUT2D eigenvalue weighted by Gasteiger charge is -2.08. The number of primary amides is 1. The van der Waals surface area contributed by atoms with Crippen molar-refractivity contribution in [3.05, 3.63) is 64.0 Å². The van der Waals surface area contributed by atoms with Crippen molar-refractivity contribution >= 4 is 44.9 Å². The third-order valence-corrected chi connectivity index (χ3v) is 5.30. The van der Waals surface area contributed by atoms with Crippen LogP contribution >= 0.6 is 11.3 Å². The molecule has 0 saturated carbocycles. The molecule has 0 radical (unpaired) electrons. The minimum atomic E-state index is -0.715. The Morgan fingerprint density at radius 3 is 2.52 bits per heavy atom. The van der Waals surface area contributed by atoms with Gasteiger partial charge in [0.2, 0.25) is 0 Å². The monoisotopic (exact) mass is 382 g/mol. The SMILES string of the molecule is CCOC(=O)c1sc(NC(=O)c2cccc3ccccc23)c(C(N)=O)c1C. The average Bonchev–Trinajstić information content (AvgIpc) is 2.97. The maximum absolute atomic E-state index is 12.8. The minimum Gasteiger partial charge on any atom is -0.462 e. The normalized spacial score (nSPS) is 10.6. The molecule has 0 unspecified atom stereocenters. The number of carbonyl (C=O) groups is 3. The molecule has 3 rings (SSSR count). The van der Waals surface area contributed by atoms with Crippen molar-refractivity contribution in [1.82, 2.24) is 0 Å². The van der Waals surface area contributed by atoms with Crippen molar-refractivity contribution < 1.29 is 19.1 Å². The third-order valence-electron chi connectivity index (χ3n) is 4.12. The number of benzene rings is 2. The molecule has 0 aliphatic carbocycles. The molecular weight excluding hydrogens is 364 g/mol. The smallest absolute Gasteiger partial charge is 0.348 e. The predicted octanol–water partition coefficient (Wildman–Crippen LogP) is 3.74. The molecule has 27 heavy (non-hydrogen) atoms. The van der Waals surface area contributed by atoms with Gasteiger partial charge in [0.05, 0.1) is 12.2 Å². The first-order valence-electron chi connectivity index (χ1n) is 8.33. The highest BCUT2D eigenvalue weighted by Crippen LogP contribution is 2.34. The van der Waals surface area contributed by atoms with Crippen molar-refractivity contribution in [1.29, 1.82) is 0 Å². The zero-order valence-corrected chi connectivity index (χ0v) is 15.7. The van der Waals surface area contributed by atoms with E-state index in [0.717, 1.165) is 22.1 Å². The molecule has 0 aliphatic rings. The van der Waals surface area contributed by atoms with E-state index in [0.29, 0.717) is 11.1 Å². The fourth-order valence-electron chi connectivity index (χ4n) is 2.88. The van der Waals surface area contributed by atoms with Crippen LogP contribution in [0.1, 0.15) is 42.9 Å². The lowest BCUT2D eigenvalue weighted by Crippen LogP contribution is -2.17. The van der Waals surface area contributed by atoms with Gasteiger partial charge >= 0.3 is 5.97 Å². The molecule has 0 aliphatic heterocycles. The van der Waals surface area contributed by atoms with Gasteiger partial charge in [0.25, 0.3) is 11.8 Å². The summed E-state index contributed by atoms with van der Waals surface area (Å²) in [6.07, 6.45) is 0. The molecule has 138 valence electrons. The van der Waals surface area contributed by atoms with Crippen LogP contribution in [0.2, 0.25) is 0 Å². The Balaban J connectivity index is 2.01. The van der Waals surface area contributed by atoms with E-state index >= 15 is 0 Å². The van der Waals surface area contributed by atoms with Crippen LogP contribution in [0.5, 0.6) is 0 Å². The fourth-order valence-corrected chi connectivity index (χ4v) is 3.98. The maximum Gasteiger partial charge on any atom is 0.348 e. The van der Waals surface area contributed by atoms with Crippen molar-refractivity contribution in [2.24, 2.45) is 5.73 Å². The molecule has 6 nitrogen and oxygen atoms in total. The molecule has 0 fully saturated rings. The van der Waals surface area contributed by atoms with Gasteiger partial charge in [-0.1, -0.05) is 36.4 Å². The standard InChI is InChI=1S/C20H18N2O4S/c1-3-26-20(25)16-11(2)15(17(21)23)19(27-16)22-18(24)14-10-6-8-12-7-4-5-9-13(12)14/h4-10H,3H2,1-2H3,(H2,21,23)(H,22,24). The number of esters is 1. The van der Waals surface area contributed by atoms with E-state index in [1.165, 1.54) is 0 Å². The average molecular weight is 382 g/mol. The van der Waals surface area contributed by atoms with E-state index in [4.69, 9.17) is 10.5 Å². The molecule has 3 N–H and O–H groups in total.